The minimum atomic E-state index is -0.454. The van der Waals surface area contributed by atoms with E-state index in [2.05, 4.69) is 22.0 Å². The highest BCUT2D eigenvalue weighted by molar-refractivity contribution is 9.10. The largest absolute Gasteiger partial charge is 0.487 e. The highest BCUT2D eigenvalue weighted by Crippen LogP contribution is 2.30. The van der Waals surface area contributed by atoms with Crippen molar-refractivity contribution in [1.29, 1.82) is 5.26 Å². The SMILES string of the molecule is CC(O)CC(C)(C)Oc1ccc(C#N)cc1Br. The third kappa shape index (κ3) is 4.37. The van der Waals surface area contributed by atoms with Gasteiger partial charge in [-0.25, -0.2) is 0 Å². The second-order valence-corrected chi connectivity index (χ2v) is 5.53. The van der Waals surface area contributed by atoms with Crippen LogP contribution in [-0.4, -0.2) is 16.8 Å². The van der Waals surface area contributed by atoms with E-state index in [-0.39, 0.29) is 0 Å². The predicted octanol–water partition coefficient (Wildman–Crippen LogP) is 3.25. The average Bonchev–Trinajstić information content (AvgIpc) is 2.18. The zero-order valence-corrected chi connectivity index (χ0v) is 11.8. The van der Waals surface area contributed by atoms with Crippen molar-refractivity contribution in [3.8, 4) is 11.8 Å². The van der Waals surface area contributed by atoms with Gasteiger partial charge in [-0.3, -0.25) is 0 Å². The van der Waals surface area contributed by atoms with Gasteiger partial charge in [-0.05, 0) is 54.9 Å². The van der Waals surface area contributed by atoms with Crippen molar-refractivity contribution in [2.45, 2.75) is 38.9 Å². The molecule has 17 heavy (non-hydrogen) atoms. The van der Waals surface area contributed by atoms with Crippen molar-refractivity contribution in [2.24, 2.45) is 0 Å². The maximum Gasteiger partial charge on any atom is 0.134 e. The number of nitriles is 1. The molecule has 0 radical (unpaired) electrons. The van der Waals surface area contributed by atoms with E-state index in [4.69, 9.17) is 10.00 Å². The Kier molecular flexibility index (Phi) is 4.55. The molecule has 0 fully saturated rings. The van der Waals surface area contributed by atoms with Gasteiger partial charge in [-0.1, -0.05) is 0 Å². The summed E-state index contributed by atoms with van der Waals surface area (Å²) < 4.78 is 6.57. The van der Waals surface area contributed by atoms with E-state index in [0.717, 1.165) is 4.47 Å². The van der Waals surface area contributed by atoms with Crippen LogP contribution < -0.4 is 4.74 Å². The van der Waals surface area contributed by atoms with Gasteiger partial charge in [0.25, 0.3) is 0 Å². The zero-order chi connectivity index (χ0) is 13.1. The van der Waals surface area contributed by atoms with Crippen LogP contribution in [0.1, 0.15) is 32.8 Å². The Morgan fingerprint density at radius 3 is 2.65 bits per heavy atom. The molecule has 1 N–H and O–H groups in total. The molecule has 1 unspecified atom stereocenters. The van der Waals surface area contributed by atoms with Crippen molar-refractivity contribution in [2.75, 3.05) is 0 Å². The second-order valence-electron chi connectivity index (χ2n) is 4.67. The highest BCUT2D eigenvalue weighted by Gasteiger charge is 2.23. The lowest BCUT2D eigenvalue weighted by molar-refractivity contribution is 0.0450. The molecule has 0 aliphatic heterocycles. The zero-order valence-electron chi connectivity index (χ0n) is 10.2. The first-order chi connectivity index (χ1) is 7.84. The van der Waals surface area contributed by atoms with Gasteiger partial charge in [0, 0.05) is 6.42 Å². The van der Waals surface area contributed by atoms with Crippen LogP contribution in [0.5, 0.6) is 5.75 Å². The van der Waals surface area contributed by atoms with E-state index in [9.17, 15) is 5.11 Å². The third-order valence-corrected chi connectivity index (χ3v) is 2.85. The van der Waals surface area contributed by atoms with Crippen molar-refractivity contribution in [3.05, 3.63) is 28.2 Å². The molecule has 0 saturated carbocycles. The molecule has 4 heteroatoms. The molecule has 0 amide bonds. The van der Waals surface area contributed by atoms with Crippen LogP contribution in [0.2, 0.25) is 0 Å². The summed E-state index contributed by atoms with van der Waals surface area (Å²) in [6.45, 7) is 5.58. The summed E-state index contributed by atoms with van der Waals surface area (Å²) in [5.74, 6) is 0.676. The molecule has 0 aliphatic carbocycles. The Morgan fingerprint density at radius 1 is 1.53 bits per heavy atom. The summed E-state index contributed by atoms with van der Waals surface area (Å²) in [4.78, 5) is 0. The molecule has 0 saturated heterocycles. The Bertz CT molecular complexity index is 436. The topological polar surface area (TPSA) is 53.2 Å². The monoisotopic (exact) mass is 297 g/mol. The first kappa shape index (κ1) is 14.0. The van der Waals surface area contributed by atoms with Crippen molar-refractivity contribution < 1.29 is 9.84 Å². The van der Waals surface area contributed by atoms with E-state index < -0.39 is 11.7 Å². The standard InChI is InChI=1S/C13H16BrNO2/c1-9(16)7-13(2,3)17-12-5-4-10(8-15)6-11(12)14/h4-6,9,16H,7H2,1-3H3. The molecule has 1 atom stereocenters. The molecule has 3 nitrogen and oxygen atoms in total. The number of nitrogens with zero attached hydrogens (tertiary/aromatic N) is 1. The first-order valence-corrected chi connectivity index (χ1v) is 6.20. The van der Waals surface area contributed by atoms with Gasteiger partial charge in [0.15, 0.2) is 0 Å². The maximum atomic E-state index is 9.38. The van der Waals surface area contributed by atoms with E-state index in [1.54, 1.807) is 25.1 Å². The van der Waals surface area contributed by atoms with Crippen molar-refractivity contribution in [1.82, 2.24) is 0 Å². The Hall–Kier alpha value is -1.05. The summed E-state index contributed by atoms with van der Waals surface area (Å²) in [6, 6.07) is 7.24. The quantitative estimate of drug-likeness (QED) is 0.928. The number of benzene rings is 1. The molecule has 92 valence electrons. The van der Waals surface area contributed by atoms with E-state index in [1.807, 2.05) is 13.8 Å². The molecule has 0 bridgehead atoms. The number of rotatable bonds is 4. The van der Waals surface area contributed by atoms with Gasteiger partial charge in [0.1, 0.15) is 11.4 Å². The van der Waals surface area contributed by atoms with Crippen LogP contribution in [-0.2, 0) is 0 Å². The fourth-order valence-electron chi connectivity index (χ4n) is 1.70. The summed E-state index contributed by atoms with van der Waals surface area (Å²) >= 11 is 3.37. The van der Waals surface area contributed by atoms with Crippen LogP contribution in [0.3, 0.4) is 0 Å². The third-order valence-electron chi connectivity index (χ3n) is 2.23. The molecule has 0 aliphatic rings. The number of aliphatic hydroxyl groups excluding tert-OH is 1. The van der Waals surface area contributed by atoms with Crippen LogP contribution in [0.4, 0.5) is 0 Å². The minimum absolute atomic E-state index is 0.415. The number of halogens is 1. The molecule has 1 rings (SSSR count). The van der Waals surface area contributed by atoms with Crippen LogP contribution in [0, 0.1) is 11.3 Å². The maximum absolute atomic E-state index is 9.38. The van der Waals surface area contributed by atoms with E-state index in [0.29, 0.717) is 17.7 Å². The fraction of sp³-hybridized carbons (Fsp3) is 0.462. The number of hydrogen-bond acceptors (Lipinski definition) is 3. The molecule has 0 spiro atoms. The van der Waals surface area contributed by atoms with Gasteiger partial charge < -0.3 is 9.84 Å². The lowest BCUT2D eigenvalue weighted by Gasteiger charge is -2.28. The average molecular weight is 298 g/mol. The lowest BCUT2D eigenvalue weighted by atomic mass is 10.0. The number of ether oxygens (including phenoxy) is 1. The van der Waals surface area contributed by atoms with Gasteiger partial charge in [-0.2, -0.15) is 5.26 Å². The van der Waals surface area contributed by atoms with Gasteiger partial charge in [0.2, 0.25) is 0 Å². The van der Waals surface area contributed by atoms with Crippen LogP contribution >= 0.6 is 15.9 Å². The molecule has 1 aromatic carbocycles. The van der Waals surface area contributed by atoms with E-state index >= 15 is 0 Å². The van der Waals surface area contributed by atoms with Crippen molar-refractivity contribution in [3.63, 3.8) is 0 Å². The van der Waals surface area contributed by atoms with Gasteiger partial charge >= 0.3 is 0 Å². The predicted molar refractivity (Wildman–Crippen MR) is 69.9 cm³/mol. The fourth-order valence-corrected chi connectivity index (χ4v) is 2.16. The minimum Gasteiger partial charge on any atom is -0.487 e. The Morgan fingerprint density at radius 2 is 2.18 bits per heavy atom. The smallest absolute Gasteiger partial charge is 0.134 e. The number of hydrogen-bond donors (Lipinski definition) is 1. The summed E-state index contributed by atoms with van der Waals surface area (Å²) in [7, 11) is 0. The van der Waals surface area contributed by atoms with Gasteiger partial charge in [0.05, 0.1) is 22.2 Å². The first-order valence-electron chi connectivity index (χ1n) is 5.41. The summed E-state index contributed by atoms with van der Waals surface area (Å²) in [6.07, 6.45) is 0.126. The van der Waals surface area contributed by atoms with Gasteiger partial charge in [-0.15, -0.1) is 0 Å². The van der Waals surface area contributed by atoms with Crippen LogP contribution in [0.15, 0.2) is 22.7 Å². The van der Waals surface area contributed by atoms with E-state index in [1.165, 1.54) is 0 Å². The summed E-state index contributed by atoms with van der Waals surface area (Å²) in [5.41, 5.74) is 0.128. The molecule has 0 aromatic heterocycles. The molecule has 0 heterocycles. The lowest BCUT2D eigenvalue weighted by Crippen LogP contribution is -2.32. The van der Waals surface area contributed by atoms with Crippen molar-refractivity contribution >= 4 is 15.9 Å². The normalized spacial score (nSPS) is 12.9. The summed E-state index contributed by atoms with van der Waals surface area (Å²) in [5, 5.41) is 18.1. The second kappa shape index (κ2) is 5.52. The Labute approximate surface area is 110 Å². The molecule has 1 aromatic rings. The molecular formula is C13H16BrNO2. The van der Waals surface area contributed by atoms with Crippen LogP contribution in [0.25, 0.3) is 0 Å². The molecular weight excluding hydrogens is 282 g/mol. The Balaban J connectivity index is 2.85. The number of aliphatic hydroxyl groups is 1. The highest BCUT2D eigenvalue weighted by atomic mass is 79.9.